The average Bonchev–Trinajstić information content (AvgIpc) is 3.35. The van der Waals surface area contributed by atoms with Crippen LogP contribution in [0.3, 0.4) is 0 Å². The number of carbonyl (C=O) groups is 2. The van der Waals surface area contributed by atoms with Crippen LogP contribution in [0.5, 0.6) is 0 Å². The van der Waals surface area contributed by atoms with E-state index in [2.05, 4.69) is 39.1 Å². The zero-order valence-electron chi connectivity index (χ0n) is 24.8. The second-order valence-electron chi connectivity index (χ2n) is 11.4. The number of aliphatic imine (C=N–C) groups is 1. The minimum Gasteiger partial charge on any atom is -0.460 e. The predicted octanol–water partition coefficient (Wildman–Crippen LogP) is 4.98. The number of carbonyl (C=O) groups excluding carboxylic acids is 2. The molecule has 8 nitrogen and oxygen atoms in total. The van der Waals surface area contributed by atoms with Crippen molar-refractivity contribution in [2.45, 2.75) is 33.8 Å². The normalized spacial score (nSPS) is 20.5. The molecule has 2 atom stereocenters. The Labute approximate surface area is 246 Å². The third-order valence-corrected chi connectivity index (χ3v) is 8.11. The van der Waals surface area contributed by atoms with Crippen molar-refractivity contribution in [3.05, 3.63) is 83.3 Å². The number of anilines is 2. The van der Waals surface area contributed by atoms with E-state index in [-0.39, 0.29) is 29.7 Å². The minimum absolute atomic E-state index is 0.266. The van der Waals surface area contributed by atoms with E-state index in [9.17, 15) is 9.59 Å². The van der Waals surface area contributed by atoms with Crippen molar-refractivity contribution in [3.63, 3.8) is 0 Å². The van der Waals surface area contributed by atoms with Gasteiger partial charge in [-0.25, -0.2) is 14.2 Å². The molecule has 3 heterocycles. The fourth-order valence-corrected chi connectivity index (χ4v) is 5.75. The molecular weight excluding hydrogens is 533 g/mol. The van der Waals surface area contributed by atoms with Crippen LogP contribution in [0.15, 0.2) is 65.8 Å². The van der Waals surface area contributed by atoms with E-state index < -0.39 is 5.97 Å². The Morgan fingerprint density at radius 1 is 1.14 bits per heavy atom. The highest BCUT2D eigenvalue weighted by Crippen LogP contribution is 2.45. The molecule has 0 radical (unpaired) electrons. The molecule has 5 rings (SSSR count). The maximum Gasteiger partial charge on any atom is 0.336 e. The van der Waals surface area contributed by atoms with E-state index in [1.54, 1.807) is 12.3 Å². The number of fused-ring (bicyclic) bond motifs is 1. The van der Waals surface area contributed by atoms with Gasteiger partial charge in [0.25, 0.3) is 0 Å². The summed E-state index contributed by atoms with van der Waals surface area (Å²) >= 11 is 0. The molecule has 2 aromatic carbocycles. The number of nitrogens with zero attached hydrogens (tertiary/aromatic N) is 3. The Bertz CT molecular complexity index is 1520. The zero-order chi connectivity index (χ0) is 30.1. The van der Waals surface area contributed by atoms with Crippen LogP contribution in [-0.2, 0) is 14.3 Å². The molecule has 42 heavy (non-hydrogen) atoms. The number of rotatable bonds is 7. The summed E-state index contributed by atoms with van der Waals surface area (Å²) in [5, 5.41) is 6.33. The molecule has 3 aliphatic heterocycles. The highest BCUT2D eigenvalue weighted by molar-refractivity contribution is 6.15. The number of hydrogen-bond donors (Lipinski definition) is 2. The summed E-state index contributed by atoms with van der Waals surface area (Å²) in [4.78, 5) is 34.1. The number of aryl methyl sites for hydroxylation is 1. The van der Waals surface area contributed by atoms with E-state index in [4.69, 9.17) is 4.74 Å². The quantitative estimate of drug-likeness (QED) is 0.360. The first-order chi connectivity index (χ1) is 20.1. The third kappa shape index (κ3) is 5.74. The Hall–Kier alpha value is -4.24. The van der Waals surface area contributed by atoms with Crippen LogP contribution in [0.2, 0.25) is 0 Å². The summed E-state index contributed by atoms with van der Waals surface area (Å²) in [6, 6.07) is 11.1. The van der Waals surface area contributed by atoms with Gasteiger partial charge in [-0.2, -0.15) is 0 Å². The first-order valence-corrected chi connectivity index (χ1v) is 14.3. The van der Waals surface area contributed by atoms with Gasteiger partial charge in [0.15, 0.2) is 0 Å². The van der Waals surface area contributed by atoms with Crippen LogP contribution >= 0.6 is 0 Å². The van der Waals surface area contributed by atoms with Crippen molar-refractivity contribution in [1.29, 1.82) is 0 Å². The van der Waals surface area contributed by atoms with Crippen molar-refractivity contribution in [2.75, 3.05) is 43.4 Å². The van der Waals surface area contributed by atoms with E-state index in [1.165, 1.54) is 6.08 Å². The van der Waals surface area contributed by atoms with Gasteiger partial charge < -0.3 is 25.2 Å². The number of halogens is 1. The molecule has 220 valence electrons. The average molecular weight is 572 g/mol. The SMILES string of the molecule is C=CC(=O)Nc1cc(C2=C(c3ccc(N4CCN(C)CC4)c(F)c3)NC3=NC=C(C(=O)OC(C)C)C(C)C32)ccc1C. The summed E-state index contributed by atoms with van der Waals surface area (Å²) in [5.74, 6) is -0.923. The number of amidine groups is 1. The summed E-state index contributed by atoms with van der Waals surface area (Å²) in [7, 11) is 2.07. The summed E-state index contributed by atoms with van der Waals surface area (Å²) in [6.45, 7) is 14.4. The standard InChI is InChI=1S/C33H38FN5O3/c1-7-28(40)36-26-17-22(9-8-20(26)4)30-29-21(5)24(33(41)42-19(2)3)18-35-32(29)37-31(30)23-10-11-27(25(34)16-23)39-14-12-38(6)13-15-39/h7-11,16-19,21,29H,1,12-15H2,2-6H3,(H,35,37)(H,36,40). The number of esters is 1. The highest BCUT2D eigenvalue weighted by Gasteiger charge is 2.42. The van der Waals surface area contributed by atoms with Crippen LogP contribution in [0.4, 0.5) is 15.8 Å². The monoisotopic (exact) mass is 571 g/mol. The lowest BCUT2D eigenvalue weighted by Gasteiger charge is -2.34. The molecule has 2 aromatic rings. The van der Waals surface area contributed by atoms with Gasteiger partial charge in [0.1, 0.15) is 11.7 Å². The Morgan fingerprint density at radius 2 is 1.86 bits per heavy atom. The maximum absolute atomic E-state index is 15.7. The first kappa shape index (κ1) is 29.3. The molecule has 0 spiro atoms. The number of nitrogens with one attached hydrogen (secondary N) is 2. The van der Waals surface area contributed by atoms with Crippen molar-refractivity contribution < 1.29 is 18.7 Å². The Morgan fingerprint density at radius 3 is 2.52 bits per heavy atom. The van der Waals surface area contributed by atoms with E-state index in [0.717, 1.165) is 42.9 Å². The van der Waals surface area contributed by atoms with Gasteiger partial charge in [0, 0.05) is 49.5 Å². The highest BCUT2D eigenvalue weighted by atomic mass is 19.1. The molecule has 0 saturated carbocycles. The van der Waals surface area contributed by atoms with Gasteiger partial charge in [-0.05, 0) is 68.8 Å². The lowest BCUT2D eigenvalue weighted by molar-refractivity contribution is -0.143. The van der Waals surface area contributed by atoms with Gasteiger partial charge in [-0.3, -0.25) is 4.79 Å². The molecule has 2 unspecified atom stereocenters. The Balaban J connectivity index is 1.60. The van der Waals surface area contributed by atoms with E-state index in [1.807, 2.05) is 58.0 Å². The number of amides is 1. The van der Waals surface area contributed by atoms with Crippen LogP contribution in [0.1, 0.15) is 37.5 Å². The maximum atomic E-state index is 15.7. The predicted molar refractivity (Wildman–Crippen MR) is 165 cm³/mol. The lowest BCUT2D eigenvalue weighted by atomic mass is 9.78. The topological polar surface area (TPSA) is 86.3 Å². The molecule has 1 amide bonds. The van der Waals surface area contributed by atoms with Crippen molar-refractivity contribution in [2.24, 2.45) is 16.8 Å². The first-order valence-electron chi connectivity index (χ1n) is 14.3. The van der Waals surface area contributed by atoms with Crippen LogP contribution in [0.25, 0.3) is 11.3 Å². The summed E-state index contributed by atoms with van der Waals surface area (Å²) < 4.78 is 21.2. The van der Waals surface area contributed by atoms with Gasteiger partial charge in [-0.1, -0.05) is 31.7 Å². The fraction of sp³-hybridized carbons (Fsp3) is 0.364. The number of likely N-dealkylation sites (N-methyl/N-ethyl adjacent to an activating group) is 1. The van der Waals surface area contributed by atoms with Crippen molar-refractivity contribution in [1.82, 2.24) is 10.2 Å². The zero-order valence-corrected chi connectivity index (χ0v) is 24.8. The van der Waals surface area contributed by atoms with E-state index in [0.29, 0.717) is 34.0 Å². The smallest absolute Gasteiger partial charge is 0.336 e. The second kappa shape index (κ2) is 11.9. The number of ether oxygens (including phenoxy) is 1. The number of hydrogen-bond acceptors (Lipinski definition) is 7. The van der Waals surface area contributed by atoms with Crippen LogP contribution in [0, 0.1) is 24.6 Å². The largest absolute Gasteiger partial charge is 0.460 e. The molecule has 1 fully saturated rings. The summed E-state index contributed by atoms with van der Waals surface area (Å²) in [5.41, 5.74) is 5.67. The van der Waals surface area contributed by atoms with Crippen molar-refractivity contribution in [3.8, 4) is 0 Å². The van der Waals surface area contributed by atoms with E-state index >= 15 is 4.39 Å². The van der Waals surface area contributed by atoms with Gasteiger partial charge in [0.2, 0.25) is 5.91 Å². The second-order valence-corrected chi connectivity index (χ2v) is 11.4. The van der Waals surface area contributed by atoms with Crippen molar-refractivity contribution >= 4 is 40.4 Å². The molecule has 0 aromatic heterocycles. The van der Waals surface area contributed by atoms with Crippen LogP contribution in [-0.4, -0.2) is 61.9 Å². The number of piperazine rings is 1. The molecule has 3 aliphatic rings. The summed E-state index contributed by atoms with van der Waals surface area (Å²) in [6.07, 6.45) is 2.53. The van der Waals surface area contributed by atoms with Gasteiger partial charge in [-0.15, -0.1) is 0 Å². The van der Waals surface area contributed by atoms with Gasteiger partial charge >= 0.3 is 5.97 Å². The lowest BCUT2D eigenvalue weighted by Crippen LogP contribution is -2.44. The Kier molecular flexibility index (Phi) is 8.31. The molecular formula is C33H38FN5O3. The molecule has 2 N–H and O–H groups in total. The number of benzene rings is 2. The molecule has 1 saturated heterocycles. The fourth-order valence-electron chi connectivity index (χ4n) is 5.75. The molecule has 9 heteroatoms. The molecule has 0 aliphatic carbocycles. The molecule has 0 bridgehead atoms. The van der Waals surface area contributed by atoms with Gasteiger partial charge in [0.05, 0.1) is 29.0 Å². The van der Waals surface area contributed by atoms with Crippen LogP contribution < -0.4 is 15.5 Å². The minimum atomic E-state index is -0.404. The third-order valence-electron chi connectivity index (χ3n) is 8.11.